The lowest BCUT2D eigenvalue weighted by Crippen LogP contribution is -2.32. The van der Waals surface area contributed by atoms with Crippen LogP contribution in [0.3, 0.4) is 0 Å². The molecule has 0 aliphatic carbocycles. The van der Waals surface area contributed by atoms with Gasteiger partial charge >= 0.3 is 11.9 Å². The second kappa shape index (κ2) is 12.0. The van der Waals surface area contributed by atoms with Gasteiger partial charge in [0.1, 0.15) is 0 Å². The molecule has 0 saturated carbocycles. The number of primary sulfonamides is 1. The number of thiazole rings is 1. The molecule has 210 valence electrons. The summed E-state index contributed by atoms with van der Waals surface area (Å²) in [6.45, 7) is 7.38. The van der Waals surface area contributed by atoms with Gasteiger partial charge in [-0.05, 0) is 57.5 Å². The van der Waals surface area contributed by atoms with Crippen LogP contribution in [0.2, 0.25) is 0 Å². The molecule has 0 radical (unpaired) electrons. The van der Waals surface area contributed by atoms with E-state index in [0.717, 1.165) is 0 Å². The van der Waals surface area contributed by atoms with Gasteiger partial charge in [0.15, 0.2) is 5.13 Å². The molecule has 1 aliphatic rings. The Morgan fingerprint density at radius 3 is 2.23 bits per heavy atom. The molecule has 4 rings (SSSR count). The van der Waals surface area contributed by atoms with E-state index < -0.39 is 27.9 Å². The number of rotatable bonds is 9. The maximum atomic E-state index is 13.1. The molecule has 2 aromatic carbocycles. The summed E-state index contributed by atoms with van der Waals surface area (Å²) in [6, 6.07) is 13.6. The fraction of sp³-hybridized carbons (Fsp3) is 0.250. The first-order chi connectivity index (χ1) is 19.0. The van der Waals surface area contributed by atoms with Crippen molar-refractivity contribution in [3.05, 3.63) is 82.0 Å². The number of hydrogen-bond donors (Lipinski definition) is 3. The Hall–Kier alpha value is -4.00. The summed E-state index contributed by atoms with van der Waals surface area (Å²) in [6.07, 6.45) is 0. The Morgan fingerprint density at radius 2 is 1.62 bits per heavy atom. The first-order valence-corrected chi connectivity index (χ1v) is 14.9. The van der Waals surface area contributed by atoms with E-state index in [4.69, 9.17) is 14.6 Å². The number of aromatic nitrogens is 1. The molecule has 3 aromatic rings. The molecule has 10 nitrogen and oxygen atoms in total. The van der Waals surface area contributed by atoms with Crippen molar-refractivity contribution in [2.75, 3.05) is 18.5 Å². The molecule has 0 spiro atoms. The zero-order valence-electron chi connectivity index (χ0n) is 22.5. The number of ether oxygens (including phenoxy) is 2. The summed E-state index contributed by atoms with van der Waals surface area (Å²) >= 11 is 1.34. The molecule has 2 heterocycles. The van der Waals surface area contributed by atoms with Gasteiger partial charge in [0.25, 0.3) is 0 Å². The summed E-state index contributed by atoms with van der Waals surface area (Å²) in [7, 11) is -3.85. The van der Waals surface area contributed by atoms with Crippen LogP contribution < -0.4 is 15.8 Å². The second-order valence-corrected chi connectivity index (χ2v) is 11.4. The number of benzene rings is 2. The van der Waals surface area contributed by atoms with E-state index in [2.05, 4.69) is 15.6 Å². The summed E-state index contributed by atoms with van der Waals surface area (Å²) in [4.78, 5) is 30.7. The lowest BCUT2D eigenvalue weighted by Gasteiger charge is -2.30. The van der Waals surface area contributed by atoms with Crippen molar-refractivity contribution in [1.29, 1.82) is 0 Å². The van der Waals surface area contributed by atoms with Crippen molar-refractivity contribution in [1.82, 2.24) is 10.3 Å². The average molecular weight is 583 g/mol. The molecule has 0 fully saturated rings. The van der Waals surface area contributed by atoms with Gasteiger partial charge in [-0.25, -0.2) is 28.1 Å². The van der Waals surface area contributed by atoms with Gasteiger partial charge in [-0.15, -0.1) is 11.3 Å². The first-order valence-electron chi connectivity index (χ1n) is 12.5. The van der Waals surface area contributed by atoms with Crippen molar-refractivity contribution in [2.24, 2.45) is 5.14 Å². The van der Waals surface area contributed by atoms with Crippen LogP contribution >= 0.6 is 11.3 Å². The van der Waals surface area contributed by atoms with Gasteiger partial charge in [0, 0.05) is 28.0 Å². The predicted molar refractivity (Wildman–Crippen MR) is 153 cm³/mol. The predicted octanol–water partition coefficient (Wildman–Crippen LogP) is 4.56. The minimum Gasteiger partial charge on any atom is -0.463 e. The SMILES string of the molecule is CCOC(=O)C1=C(C)NC(C)=C(C(=O)OCC)C1c1cccc(Nc2nc(-c3cccc(S(N)(=O)=O)c3)cs2)c1. The molecule has 0 saturated heterocycles. The minimum atomic E-state index is -3.85. The fourth-order valence-corrected chi connectivity index (χ4v) is 5.80. The number of nitrogens with one attached hydrogen (secondary N) is 2. The highest BCUT2D eigenvalue weighted by Crippen LogP contribution is 2.40. The molecule has 0 amide bonds. The van der Waals surface area contributed by atoms with Gasteiger partial charge in [-0.2, -0.15) is 0 Å². The number of dihydropyridines is 1. The van der Waals surface area contributed by atoms with E-state index in [1.807, 2.05) is 24.3 Å². The number of nitrogens with two attached hydrogens (primary N) is 1. The number of carbonyl (C=O) groups is 2. The lowest BCUT2D eigenvalue weighted by molar-refractivity contribution is -0.139. The van der Waals surface area contributed by atoms with Crippen molar-refractivity contribution in [3.8, 4) is 11.3 Å². The topological polar surface area (TPSA) is 150 Å². The highest BCUT2D eigenvalue weighted by atomic mass is 32.2. The van der Waals surface area contributed by atoms with Crippen LogP contribution in [-0.2, 0) is 29.1 Å². The van der Waals surface area contributed by atoms with E-state index in [1.54, 1.807) is 45.2 Å². The molecular weight excluding hydrogens is 552 g/mol. The number of allylic oxidation sites excluding steroid dienone is 2. The van der Waals surface area contributed by atoms with Crippen LogP contribution in [0.4, 0.5) is 10.8 Å². The van der Waals surface area contributed by atoms with Crippen LogP contribution in [0.1, 0.15) is 39.2 Å². The van der Waals surface area contributed by atoms with Crippen LogP contribution in [0.25, 0.3) is 11.3 Å². The minimum absolute atomic E-state index is 0.00341. The quantitative estimate of drug-likeness (QED) is 0.309. The van der Waals surface area contributed by atoms with Gasteiger partial charge in [-0.3, -0.25) is 0 Å². The second-order valence-electron chi connectivity index (χ2n) is 8.94. The van der Waals surface area contributed by atoms with Crippen LogP contribution in [-0.4, -0.2) is 38.6 Å². The summed E-state index contributed by atoms with van der Waals surface area (Å²) in [5.41, 5.74) is 4.42. The van der Waals surface area contributed by atoms with Crippen molar-refractivity contribution in [3.63, 3.8) is 0 Å². The third kappa shape index (κ3) is 6.24. The Labute approximate surface area is 237 Å². The van der Waals surface area contributed by atoms with Gasteiger partial charge in [0.2, 0.25) is 10.0 Å². The molecule has 0 unspecified atom stereocenters. The molecule has 12 heteroatoms. The Morgan fingerprint density at radius 1 is 1.00 bits per heavy atom. The third-order valence-corrected chi connectivity index (χ3v) is 7.85. The maximum absolute atomic E-state index is 13.1. The summed E-state index contributed by atoms with van der Waals surface area (Å²) in [5.74, 6) is -1.75. The smallest absolute Gasteiger partial charge is 0.336 e. The number of anilines is 2. The molecule has 0 atom stereocenters. The number of carbonyl (C=O) groups excluding carboxylic acids is 2. The Kier molecular flexibility index (Phi) is 8.72. The standard InChI is InChI=1S/C28H30N4O6S2/c1-5-37-26(33)23-16(3)30-17(4)24(27(34)38-6-2)25(23)19-10-7-11-20(13-19)31-28-32-22(15-39-28)18-9-8-12-21(14-18)40(29,35)36/h7-15,25,30H,5-6H2,1-4H3,(H,31,32)(H2,29,35,36). The normalized spacial score (nSPS) is 14.1. The largest absolute Gasteiger partial charge is 0.463 e. The monoisotopic (exact) mass is 582 g/mol. The van der Waals surface area contributed by atoms with E-state index in [0.29, 0.717) is 50.2 Å². The third-order valence-electron chi connectivity index (χ3n) is 6.18. The van der Waals surface area contributed by atoms with Crippen molar-refractivity contribution < 1.29 is 27.5 Å². The van der Waals surface area contributed by atoms with Crippen molar-refractivity contribution in [2.45, 2.75) is 38.5 Å². The summed E-state index contributed by atoms with van der Waals surface area (Å²) < 4.78 is 34.2. The zero-order valence-corrected chi connectivity index (χ0v) is 24.1. The van der Waals surface area contributed by atoms with Crippen LogP contribution in [0, 0.1) is 0 Å². The van der Waals surface area contributed by atoms with E-state index in [-0.39, 0.29) is 18.1 Å². The molecule has 1 aliphatic heterocycles. The summed E-state index contributed by atoms with van der Waals surface area (Å²) in [5, 5.41) is 14.0. The van der Waals surface area contributed by atoms with Crippen LogP contribution in [0.15, 0.2) is 81.3 Å². The average Bonchev–Trinajstić information content (AvgIpc) is 3.36. The zero-order chi connectivity index (χ0) is 29.0. The van der Waals surface area contributed by atoms with Gasteiger partial charge in [0.05, 0.1) is 40.9 Å². The molecular formula is C28H30N4O6S2. The number of esters is 2. The molecule has 40 heavy (non-hydrogen) atoms. The highest BCUT2D eigenvalue weighted by molar-refractivity contribution is 7.89. The molecule has 4 N–H and O–H groups in total. The molecule has 1 aromatic heterocycles. The van der Waals surface area contributed by atoms with Gasteiger partial charge < -0.3 is 20.1 Å². The van der Waals surface area contributed by atoms with Crippen molar-refractivity contribution >= 4 is 44.1 Å². The number of nitrogens with zero attached hydrogens (tertiary/aromatic N) is 1. The van der Waals surface area contributed by atoms with E-state index >= 15 is 0 Å². The van der Waals surface area contributed by atoms with E-state index in [1.165, 1.54) is 23.5 Å². The number of hydrogen-bond acceptors (Lipinski definition) is 10. The first kappa shape index (κ1) is 29.0. The van der Waals surface area contributed by atoms with E-state index in [9.17, 15) is 18.0 Å². The maximum Gasteiger partial charge on any atom is 0.336 e. The fourth-order valence-electron chi connectivity index (χ4n) is 4.50. The Bertz CT molecular complexity index is 1580. The van der Waals surface area contributed by atoms with Gasteiger partial charge in [-0.1, -0.05) is 24.3 Å². The molecule has 0 bridgehead atoms. The van der Waals surface area contributed by atoms with Crippen LogP contribution in [0.5, 0.6) is 0 Å². The lowest BCUT2D eigenvalue weighted by atomic mass is 9.80. The number of sulfonamides is 1. The Balaban J connectivity index is 1.69. The highest BCUT2D eigenvalue weighted by Gasteiger charge is 2.38.